The second kappa shape index (κ2) is 9.79. The molecule has 0 radical (unpaired) electrons. The Morgan fingerprint density at radius 3 is 2.54 bits per heavy atom. The summed E-state index contributed by atoms with van der Waals surface area (Å²) in [7, 11) is 0. The van der Waals surface area contributed by atoms with Gasteiger partial charge in [-0.05, 0) is 32.6 Å². The maximum atomic E-state index is 8.60. The molecule has 78 valence electrons. The molecular weight excluding hydrogens is 160 g/mol. The van der Waals surface area contributed by atoms with Crippen molar-refractivity contribution >= 4 is 0 Å². The van der Waals surface area contributed by atoms with Crippen molar-refractivity contribution in [3.63, 3.8) is 0 Å². The van der Waals surface area contributed by atoms with Crippen LogP contribution < -0.4 is 0 Å². The topological polar surface area (TPSA) is 20.2 Å². The molecule has 0 aliphatic carbocycles. The van der Waals surface area contributed by atoms with E-state index in [1.807, 2.05) is 0 Å². The van der Waals surface area contributed by atoms with E-state index in [0.29, 0.717) is 6.61 Å². The van der Waals surface area contributed by atoms with Crippen LogP contribution in [0.3, 0.4) is 0 Å². The third-order valence-corrected chi connectivity index (χ3v) is 2.28. The van der Waals surface area contributed by atoms with E-state index < -0.39 is 0 Å². The van der Waals surface area contributed by atoms with E-state index in [-0.39, 0.29) is 0 Å². The fourth-order valence-electron chi connectivity index (χ4n) is 1.37. The van der Waals surface area contributed by atoms with E-state index in [1.54, 1.807) is 0 Å². The molecule has 0 aliphatic rings. The van der Waals surface area contributed by atoms with Crippen LogP contribution in [0, 0.1) is 0 Å². The highest BCUT2D eigenvalue weighted by atomic mass is 16.2. The van der Waals surface area contributed by atoms with Gasteiger partial charge in [-0.1, -0.05) is 37.8 Å². The fourth-order valence-corrected chi connectivity index (χ4v) is 1.37. The van der Waals surface area contributed by atoms with Crippen molar-refractivity contribution in [3.8, 4) is 0 Å². The minimum absolute atomic E-state index is 0.319. The van der Waals surface area contributed by atoms with E-state index in [0.717, 1.165) is 12.8 Å². The molecule has 0 spiro atoms. The average Bonchev–Trinajstić information content (AvgIpc) is 2.13. The van der Waals surface area contributed by atoms with Crippen LogP contribution in [0.15, 0.2) is 11.6 Å². The first-order valence-corrected chi connectivity index (χ1v) is 5.57. The molecule has 0 aromatic carbocycles. The lowest BCUT2D eigenvalue weighted by atomic mass is 10.1. The number of aliphatic hydroxyl groups is 1. The molecule has 0 saturated heterocycles. The minimum atomic E-state index is 0.319. The van der Waals surface area contributed by atoms with E-state index in [2.05, 4.69) is 19.9 Å². The molecule has 0 unspecified atom stereocenters. The highest BCUT2D eigenvalue weighted by Crippen LogP contribution is 2.10. The smallest absolute Gasteiger partial charge is 0.0433 e. The molecule has 0 heterocycles. The molecule has 0 aromatic rings. The first-order valence-electron chi connectivity index (χ1n) is 5.57. The highest BCUT2D eigenvalue weighted by Gasteiger charge is 1.90. The number of rotatable bonds is 8. The Bertz CT molecular complexity index is 127. The summed E-state index contributed by atoms with van der Waals surface area (Å²) in [5, 5.41) is 8.60. The molecule has 0 aliphatic heterocycles. The van der Waals surface area contributed by atoms with E-state index >= 15 is 0 Å². The predicted molar refractivity (Wildman–Crippen MR) is 58.8 cm³/mol. The molecular formula is C12H24O. The second-order valence-electron chi connectivity index (χ2n) is 3.73. The Labute approximate surface area is 82.9 Å². The van der Waals surface area contributed by atoms with Gasteiger partial charge in [0.05, 0.1) is 0 Å². The van der Waals surface area contributed by atoms with Crippen LogP contribution in [0.1, 0.15) is 58.8 Å². The van der Waals surface area contributed by atoms with Gasteiger partial charge in [-0.25, -0.2) is 0 Å². The van der Waals surface area contributed by atoms with Crippen LogP contribution in [-0.2, 0) is 0 Å². The SMILES string of the molecule is CCCCCC/C(C)=C\CCCO. The van der Waals surface area contributed by atoms with Gasteiger partial charge in [-0.15, -0.1) is 0 Å². The van der Waals surface area contributed by atoms with Gasteiger partial charge in [-0.3, -0.25) is 0 Å². The highest BCUT2D eigenvalue weighted by molar-refractivity contribution is 4.97. The van der Waals surface area contributed by atoms with Gasteiger partial charge in [0.15, 0.2) is 0 Å². The van der Waals surface area contributed by atoms with Crippen molar-refractivity contribution in [1.82, 2.24) is 0 Å². The van der Waals surface area contributed by atoms with Crippen LogP contribution in [0.2, 0.25) is 0 Å². The monoisotopic (exact) mass is 184 g/mol. The third-order valence-electron chi connectivity index (χ3n) is 2.28. The molecule has 1 nitrogen and oxygen atoms in total. The number of hydrogen-bond acceptors (Lipinski definition) is 1. The Morgan fingerprint density at radius 1 is 1.15 bits per heavy atom. The van der Waals surface area contributed by atoms with Gasteiger partial charge in [0.1, 0.15) is 0 Å². The van der Waals surface area contributed by atoms with Crippen LogP contribution >= 0.6 is 0 Å². The molecule has 0 saturated carbocycles. The molecule has 1 heteroatoms. The maximum Gasteiger partial charge on any atom is 0.0433 e. The van der Waals surface area contributed by atoms with Crippen molar-refractivity contribution in [2.24, 2.45) is 0 Å². The molecule has 0 bridgehead atoms. The van der Waals surface area contributed by atoms with Crippen LogP contribution in [0.25, 0.3) is 0 Å². The van der Waals surface area contributed by atoms with Crippen molar-refractivity contribution in [1.29, 1.82) is 0 Å². The largest absolute Gasteiger partial charge is 0.396 e. The number of hydrogen-bond donors (Lipinski definition) is 1. The van der Waals surface area contributed by atoms with Gasteiger partial charge >= 0.3 is 0 Å². The zero-order chi connectivity index (χ0) is 9.94. The summed E-state index contributed by atoms with van der Waals surface area (Å²) in [5.74, 6) is 0. The summed E-state index contributed by atoms with van der Waals surface area (Å²) in [4.78, 5) is 0. The summed E-state index contributed by atoms with van der Waals surface area (Å²) < 4.78 is 0. The van der Waals surface area contributed by atoms with Gasteiger partial charge in [0.25, 0.3) is 0 Å². The zero-order valence-corrected chi connectivity index (χ0v) is 9.18. The molecule has 0 amide bonds. The average molecular weight is 184 g/mol. The summed E-state index contributed by atoms with van der Waals surface area (Å²) in [6.07, 6.45) is 10.8. The van der Waals surface area contributed by atoms with Gasteiger partial charge in [0.2, 0.25) is 0 Å². The first kappa shape index (κ1) is 12.7. The Kier molecular flexibility index (Phi) is 9.56. The van der Waals surface area contributed by atoms with E-state index in [1.165, 1.54) is 37.7 Å². The lowest BCUT2D eigenvalue weighted by Gasteiger charge is -2.00. The Morgan fingerprint density at radius 2 is 1.92 bits per heavy atom. The van der Waals surface area contributed by atoms with Crippen LogP contribution in [-0.4, -0.2) is 11.7 Å². The van der Waals surface area contributed by atoms with Gasteiger partial charge in [-0.2, -0.15) is 0 Å². The summed E-state index contributed by atoms with van der Waals surface area (Å²) in [6.45, 7) is 4.76. The Balaban J connectivity index is 3.27. The maximum absolute atomic E-state index is 8.60. The molecule has 0 fully saturated rings. The van der Waals surface area contributed by atoms with Crippen LogP contribution in [0.5, 0.6) is 0 Å². The summed E-state index contributed by atoms with van der Waals surface area (Å²) in [6, 6.07) is 0. The van der Waals surface area contributed by atoms with Crippen molar-refractivity contribution in [2.75, 3.05) is 6.61 Å². The molecule has 0 rings (SSSR count). The first-order chi connectivity index (χ1) is 6.31. The van der Waals surface area contributed by atoms with Crippen molar-refractivity contribution in [3.05, 3.63) is 11.6 Å². The lowest BCUT2D eigenvalue weighted by Crippen LogP contribution is -1.83. The lowest BCUT2D eigenvalue weighted by molar-refractivity contribution is 0.289. The Hall–Kier alpha value is -0.300. The predicted octanol–water partition coefficient (Wildman–Crippen LogP) is 3.68. The summed E-state index contributed by atoms with van der Waals surface area (Å²) in [5.41, 5.74) is 1.49. The quantitative estimate of drug-likeness (QED) is 0.451. The van der Waals surface area contributed by atoms with Gasteiger partial charge in [0, 0.05) is 6.61 Å². The van der Waals surface area contributed by atoms with Gasteiger partial charge < -0.3 is 5.11 Å². The number of aliphatic hydroxyl groups excluding tert-OH is 1. The number of allylic oxidation sites excluding steroid dienone is 2. The third kappa shape index (κ3) is 9.62. The second-order valence-corrected chi connectivity index (χ2v) is 3.73. The van der Waals surface area contributed by atoms with Crippen LogP contribution in [0.4, 0.5) is 0 Å². The minimum Gasteiger partial charge on any atom is -0.396 e. The van der Waals surface area contributed by atoms with E-state index in [4.69, 9.17) is 5.11 Å². The standard InChI is InChI=1S/C12H24O/c1-3-4-5-6-9-12(2)10-7-8-11-13/h10,13H,3-9,11H2,1-2H3/b12-10-. The number of unbranched alkanes of at least 4 members (excludes halogenated alkanes) is 4. The van der Waals surface area contributed by atoms with Crippen molar-refractivity contribution < 1.29 is 5.11 Å². The molecule has 13 heavy (non-hydrogen) atoms. The normalized spacial score (nSPS) is 12.1. The zero-order valence-electron chi connectivity index (χ0n) is 9.18. The molecule has 1 N–H and O–H groups in total. The van der Waals surface area contributed by atoms with E-state index in [9.17, 15) is 0 Å². The fraction of sp³-hybridized carbons (Fsp3) is 0.833. The molecule has 0 atom stereocenters. The van der Waals surface area contributed by atoms with Crippen molar-refractivity contribution in [2.45, 2.75) is 58.8 Å². The summed E-state index contributed by atoms with van der Waals surface area (Å²) >= 11 is 0. The molecule has 0 aromatic heterocycles.